The zero-order valence-corrected chi connectivity index (χ0v) is 15.8. The van der Waals surface area contributed by atoms with Crippen LogP contribution in [0.4, 0.5) is 0 Å². The SMILES string of the molecule is COCC(C)NC(N)=NCc1csc(-c2ccccc2)n1.I. The molecule has 1 atom stereocenters. The fraction of sp³-hybridized carbons (Fsp3) is 0.333. The van der Waals surface area contributed by atoms with Crippen molar-refractivity contribution < 1.29 is 4.74 Å². The van der Waals surface area contributed by atoms with Gasteiger partial charge in [0.2, 0.25) is 0 Å². The molecule has 120 valence electrons. The molecule has 22 heavy (non-hydrogen) atoms. The van der Waals surface area contributed by atoms with Gasteiger partial charge in [0.1, 0.15) is 5.01 Å². The number of aromatic nitrogens is 1. The van der Waals surface area contributed by atoms with E-state index in [2.05, 4.69) is 15.3 Å². The molecule has 2 rings (SSSR count). The monoisotopic (exact) mass is 432 g/mol. The maximum Gasteiger partial charge on any atom is 0.189 e. The summed E-state index contributed by atoms with van der Waals surface area (Å²) in [6.45, 7) is 3.05. The number of nitrogens with one attached hydrogen (secondary N) is 1. The van der Waals surface area contributed by atoms with Gasteiger partial charge in [-0.2, -0.15) is 0 Å². The van der Waals surface area contributed by atoms with E-state index in [9.17, 15) is 0 Å². The molecular formula is C15H21IN4OS. The van der Waals surface area contributed by atoms with Crippen LogP contribution in [0.1, 0.15) is 12.6 Å². The number of thiazole rings is 1. The molecule has 0 fully saturated rings. The Morgan fingerprint density at radius 1 is 1.41 bits per heavy atom. The fourth-order valence-corrected chi connectivity index (χ4v) is 2.67. The molecule has 1 aromatic carbocycles. The second-order valence-corrected chi connectivity index (χ2v) is 5.57. The highest BCUT2D eigenvalue weighted by atomic mass is 127. The topological polar surface area (TPSA) is 72.5 Å². The van der Waals surface area contributed by atoms with Crippen LogP contribution in [0.3, 0.4) is 0 Å². The number of nitrogens with two attached hydrogens (primary N) is 1. The summed E-state index contributed by atoms with van der Waals surface area (Å²) in [4.78, 5) is 8.87. The predicted molar refractivity (Wildman–Crippen MR) is 103 cm³/mol. The zero-order chi connectivity index (χ0) is 15.1. The zero-order valence-electron chi connectivity index (χ0n) is 12.7. The van der Waals surface area contributed by atoms with Crippen molar-refractivity contribution in [3.05, 3.63) is 41.4 Å². The molecule has 0 aliphatic rings. The Labute approximate surface area is 152 Å². The number of halogens is 1. The Morgan fingerprint density at radius 2 is 2.14 bits per heavy atom. The van der Waals surface area contributed by atoms with Crippen LogP contribution in [-0.4, -0.2) is 30.7 Å². The number of hydrogen-bond acceptors (Lipinski definition) is 4. The molecule has 0 radical (unpaired) electrons. The third kappa shape index (κ3) is 5.90. The molecule has 0 aliphatic carbocycles. The summed E-state index contributed by atoms with van der Waals surface area (Å²) in [5.41, 5.74) is 7.87. The summed E-state index contributed by atoms with van der Waals surface area (Å²) >= 11 is 1.61. The van der Waals surface area contributed by atoms with Crippen LogP contribution < -0.4 is 11.1 Å². The summed E-state index contributed by atoms with van der Waals surface area (Å²) < 4.78 is 5.04. The lowest BCUT2D eigenvalue weighted by atomic mass is 10.2. The van der Waals surface area contributed by atoms with E-state index in [0.717, 1.165) is 16.3 Å². The van der Waals surface area contributed by atoms with E-state index in [0.29, 0.717) is 19.1 Å². The van der Waals surface area contributed by atoms with Gasteiger partial charge in [-0.25, -0.2) is 9.98 Å². The third-order valence-electron chi connectivity index (χ3n) is 2.79. The van der Waals surface area contributed by atoms with Gasteiger partial charge in [0.25, 0.3) is 0 Å². The average Bonchev–Trinajstić information content (AvgIpc) is 2.95. The standard InChI is InChI=1S/C15H20N4OS.HI/c1-11(9-20-2)18-15(16)17-8-13-10-21-14(19-13)12-6-4-3-5-7-12;/h3-7,10-11H,8-9H2,1-2H3,(H3,16,17,18);1H. The first-order valence-corrected chi connectivity index (χ1v) is 7.62. The van der Waals surface area contributed by atoms with Gasteiger partial charge in [-0.3, -0.25) is 0 Å². The van der Waals surface area contributed by atoms with Crippen molar-refractivity contribution in [1.29, 1.82) is 0 Å². The van der Waals surface area contributed by atoms with Gasteiger partial charge in [-0.05, 0) is 6.92 Å². The number of nitrogens with zero attached hydrogens (tertiary/aromatic N) is 2. The lowest BCUT2D eigenvalue weighted by Crippen LogP contribution is -2.40. The van der Waals surface area contributed by atoms with Crippen molar-refractivity contribution in [2.75, 3.05) is 13.7 Å². The first kappa shape index (κ1) is 18.9. The highest BCUT2D eigenvalue weighted by molar-refractivity contribution is 14.0. The summed E-state index contributed by atoms with van der Waals surface area (Å²) in [6.07, 6.45) is 0. The number of ether oxygens (including phenoxy) is 1. The molecule has 0 spiro atoms. The molecule has 1 aromatic heterocycles. The van der Waals surface area contributed by atoms with E-state index in [4.69, 9.17) is 10.5 Å². The molecule has 1 unspecified atom stereocenters. The smallest absolute Gasteiger partial charge is 0.189 e. The van der Waals surface area contributed by atoms with Crippen LogP contribution in [0, 0.1) is 0 Å². The molecule has 0 saturated carbocycles. The first-order valence-electron chi connectivity index (χ1n) is 6.74. The summed E-state index contributed by atoms with van der Waals surface area (Å²) in [5.74, 6) is 0.411. The average molecular weight is 432 g/mol. The Kier molecular flexibility index (Phi) is 8.36. The van der Waals surface area contributed by atoms with Gasteiger partial charge in [0.05, 0.1) is 18.8 Å². The molecule has 7 heteroatoms. The number of aliphatic imine (C=N–C) groups is 1. The Balaban J connectivity index is 0.00000242. The lowest BCUT2D eigenvalue weighted by Gasteiger charge is -2.12. The van der Waals surface area contributed by atoms with Crippen molar-refractivity contribution >= 4 is 41.3 Å². The Hall–Kier alpha value is -1.19. The normalized spacial score (nSPS) is 12.5. The van der Waals surface area contributed by atoms with E-state index in [1.807, 2.05) is 42.6 Å². The van der Waals surface area contributed by atoms with E-state index in [-0.39, 0.29) is 30.0 Å². The van der Waals surface area contributed by atoms with Gasteiger partial charge < -0.3 is 15.8 Å². The van der Waals surface area contributed by atoms with Crippen LogP contribution >= 0.6 is 35.3 Å². The predicted octanol–water partition coefficient (Wildman–Crippen LogP) is 2.87. The number of methoxy groups -OCH3 is 1. The molecule has 3 N–H and O–H groups in total. The van der Waals surface area contributed by atoms with Crippen molar-refractivity contribution in [1.82, 2.24) is 10.3 Å². The van der Waals surface area contributed by atoms with Gasteiger partial charge in [-0.1, -0.05) is 30.3 Å². The van der Waals surface area contributed by atoms with Gasteiger partial charge in [0, 0.05) is 24.1 Å². The number of guanidine groups is 1. The van der Waals surface area contributed by atoms with Crippen LogP contribution in [0.2, 0.25) is 0 Å². The van der Waals surface area contributed by atoms with Crippen LogP contribution in [0.5, 0.6) is 0 Å². The molecule has 1 heterocycles. The fourth-order valence-electron chi connectivity index (χ4n) is 1.85. The van der Waals surface area contributed by atoms with Crippen molar-refractivity contribution in [3.63, 3.8) is 0 Å². The quantitative estimate of drug-likeness (QED) is 0.419. The van der Waals surface area contributed by atoms with Gasteiger partial charge in [0.15, 0.2) is 5.96 Å². The Bertz CT molecular complexity index is 588. The lowest BCUT2D eigenvalue weighted by molar-refractivity contribution is 0.179. The molecule has 0 bridgehead atoms. The van der Waals surface area contributed by atoms with Crippen LogP contribution in [-0.2, 0) is 11.3 Å². The van der Waals surface area contributed by atoms with Crippen molar-refractivity contribution in [3.8, 4) is 10.6 Å². The second-order valence-electron chi connectivity index (χ2n) is 4.71. The van der Waals surface area contributed by atoms with E-state index in [1.165, 1.54) is 0 Å². The number of rotatable bonds is 6. The minimum Gasteiger partial charge on any atom is -0.383 e. The summed E-state index contributed by atoms with van der Waals surface area (Å²) in [6, 6.07) is 10.2. The van der Waals surface area contributed by atoms with E-state index in [1.54, 1.807) is 18.4 Å². The highest BCUT2D eigenvalue weighted by Crippen LogP contribution is 2.23. The molecule has 0 saturated heterocycles. The number of benzene rings is 1. The summed E-state index contributed by atoms with van der Waals surface area (Å²) in [5, 5.41) is 6.08. The number of hydrogen-bond donors (Lipinski definition) is 2. The molecular weight excluding hydrogens is 411 g/mol. The minimum atomic E-state index is 0. The Morgan fingerprint density at radius 3 is 2.82 bits per heavy atom. The van der Waals surface area contributed by atoms with E-state index < -0.39 is 0 Å². The first-order chi connectivity index (χ1) is 10.2. The van der Waals surface area contributed by atoms with E-state index >= 15 is 0 Å². The summed E-state index contributed by atoms with van der Waals surface area (Å²) in [7, 11) is 1.66. The molecule has 2 aromatic rings. The van der Waals surface area contributed by atoms with Crippen molar-refractivity contribution in [2.45, 2.75) is 19.5 Å². The van der Waals surface area contributed by atoms with Crippen LogP contribution in [0.25, 0.3) is 10.6 Å². The minimum absolute atomic E-state index is 0. The molecule has 0 amide bonds. The van der Waals surface area contributed by atoms with Gasteiger partial charge >= 0.3 is 0 Å². The second kappa shape index (κ2) is 9.75. The highest BCUT2D eigenvalue weighted by Gasteiger charge is 2.05. The van der Waals surface area contributed by atoms with Gasteiger partial charge in [-0.15, -0.1) is 35.3 Å². The molecule has 0 aliphatic heterocycles. The van der Waals surface area contributed by atoms with Crippen LogP contribution in [0.15, 0.2) is 40.7 Å². The molecule has 5 nitrogen and oxygen atoms in total. The maximum atomic E-state index is 5.83. The maximum absolute atomic E-state index is 5.83. The van der Waals surface area contributed by atoms with Crippen molar-refractivity contribution in [2.24, 2.45) is 10.7 Å². The largest absolute Gasteiger partial charge is 0.383 e. The third-order valence-corrected chi connectivity index (χ3v) is 3.74.